The number of phenolic OH excluding ortho intramolecular Hbond substituents is 2. The van der Waals surface area contributed by atoms with Crippen LogP contribution in [-0.2, 0) is 44.1 Å². The quantitative estimate of drug-likeness (QED) is 0.0962. The highest BCUT2D eigenvalue weighted by Crippen LogP contribution is 2.32. The maximum atomic E-state index is 13.1. The average Bonchev–Trinajstić information content (AvgIpc) is 4.01. The zero-order chi connectivity index (χ0) is 45.9. The molecule has 0 unspecified atom stereocenters. The molecular formula is C48H56N4O8S4. The van der Waals surface area contributed by atoms with E-state index in [1.807, 2.05) is 60.7 Å². The second-order valence-corrected chi connectivity index (χ2v) is 23.5. The third-order valence-electron chi connectivity index (χ3n) is 11.6. The van der Waals surface area contributed by atoms with Gasteiger partial charge in [-0.25, -0.2) is 16.8 Å². The number of nitrogens with zero attached hydrogens (tertiary/aromatic N) is 4. The minimum absolute atomic E-state index is 0.103. The van der Waals surface area contributed by atoms with Crippen molar-refractivity contribution in [3.63, 3.8) is 0 Å². The van der Waals surface area contributed by atoms with E-state index in [-0.39, 0.29) is 23.6 Å². The summed E-state index contributed by atoms with van der Waals surface area (Å²) in [7, 11) is -7.08. The minimum Gasteiger partial charge on any atom is -0.508 e. The SMILES string of the molecule is CC(C)(O)c1ccc(N2CCN(S(=O)(=O)c3cccs3)C[C@@H]2Cc2cccc(O)c2)cc1.CC(C)(O)c1ccc(N2CCN(S(=O)(=O)c3cccs3)C[C@H]2Cc2cccc(O)c2)cc1. The summed E-state index contributed by atoms with van der Waals surface area (Å²) < 4.78 is 56.4. The van der Waals surface area contributed by atoms with E-state index in [0.717, 1.165) is 33.6 Å². The standard InChI is InChI=1S/2C24H28N2O4S2/c2*1-24(2,28)19-8-10-20(11-9-19)26-13-12-25(32(29,30)23-7-4-14-31-23)17-21(26)15-18-5-3-6-22(27)16-18/h2*3-11,14,16,21,27-28H,12-13,15,17H2,1-2H3/t2*21-/m10/s1. The Hall–Kier alpha value is -4.78. The highest BCUT2D eigenvalue weighted by molar-refractivity contribution is 7.91. The van der Waals surface area contributed by atoms with Crippen molar-refractivity contribution in [1.29, 1.82) is 0 Å². The van der Waals surface area contributed by atoms with Gasteiger partial charge in [0.25, 0.3) is 20.0 Å². The summed E-state index contributed by atoms with van der Waals surface area (Å²) in [6, 6.07) is 36.4. The van der Waals surface area contributed by atoms with Gasteiger partial charge in [-0.1, -0.05) is 60.7 Å². The first-order valence-electron chi connectivity index (χ1n) is 21.1. The number of hydrogen-bond acceptors (Lipinski definition) is 12. The zero-order valence-corrected chi connectivity index (χ0v) is 39.6. The fraction of sp³-hybridized carbons (Fsp3) is 0.333. The third kappa shape index (κ3) is 11.2. The molecule has 64 heavy (non-hydrogen) atoms. The minimum atomic E-state index is -3.54. The molecule has 2 fully saturated rings. The second kappa shape index (κ2) is 19.4. The van der Waals surface area contributed by atoms with Crippen LogP contribution in [0.1, 0.15) is 49.9 Å². The van der Waals surface area contributed by atoms with Gasteiger partial charge in [-0.3, -0.25) is 0 Å². The molecule has 4 aromatic carbocycles. The Kier molecular flexibility index (Phi) is 14.3. The Balaban J connectivity index is 0.000000191. The molecule has 2 aliphatic heterocycles. The molecule has 6 aromatic rings. The molecule has 2 aromatic heterocycles. The summed E-state index contributed by atoms with van der Waals surface area (Å²) in [4.78, 5) is 4.44. The molecule has 4 heterocycles. The lowest BCUT2D eigenvalue weighted by atomic mass is 9.97. The van der Waals surface area contributed by atoms with Crippen LogP contribution in [0, 0.1) is 0 Å². The lowest BCUT2D eigenvalue weighted by Crippen LogP contribution is -2.55. The van der Waals surface area contributed by atoms with Crippen molar-refractivity contribution in [3.8, 4) is 11.5 Å². The molecule has 2 saturated heterocycles. The van der Waals surface area contributed by atoms with Crippen molar-refractivity contribution < 1.29 is 37.3 Å². The number of aliphatic hydroxyl groups is 2. The Morgan fingerprint density at radius 2 is 0.906 bits per heavy atom. The van der Waals surface area contributed by atoms with Gasteiger partial charge in [0.15, 0.2) is 0 Å². The van der Waals surface area contributed by atoms with E-state index < -0.39 is 31.2 Å². The lowest BCUT2D eigenvalue weighted by Gasteiger charge is -2.42. The molecule has 12 nitrogen and oxygen atoms in total. The van der Waals surface area contributed by atoms with Crippen molar-refractivity contribution >= 4 is 54.1 Å². The van der Waals surface area contributed by atoms with Gasteiger partial charge in [0.2, 0.25) is 0 Å². The number of aromatic hydroxyl groups is 2. The summed E-state index contributed by atoms with van der Waals surface area (Å²) in [6.07, 6.45) is 1.19. The van der Waals surface area contributed by atoms with E-state index >= 15 is 0 Å². The maximum Gasteiger partial charge on any atom is 0.252 e. The van der Waals surface area contributed by atoms with Gasteiger partial charge in [0.05, 0.1) is 11.2 Å². The van der Waals surface area contributed by atoms with Crippen LogP contribution in [0.3, 0.4) is 0 Å². The molecule has 8 rings (SSSR count). The molecule has 4 N–H and O–H groups in total. The van der Waals surface area contributed by atoms with E-state index in [9.17, 15) is 37.3 Å². The maximum absolute atomic E-state index is 13.1. The molecule has 0 saturated carbocycles. The Morgan fingerprint density at radius 1 is 0.531 bits per heavy atom. The van der Waals surface area contributed by atoms with Crippen molar-refractivity contribution in [2.24, 2.45) is 0 Å². The van der Waals surface area contributed by atoms with E-state index in [1.165, 1.54) is 22.7 Å². The van der Waals surface area contributed by atoms with Gasteiger partial charge < -0.3 is 30.2 Å². The number of thiophene rings is 2. The summed E-state index contributed by atoms with van der Waals surface area (Å²) in [5.41, 5.74) is 3.66. The average molecular weight is 945 g/mol. The van der Waals surface area contributed by atoms with Crippen LogP contribution in [0.5, 0.6) is 11.5 Å². The topological polar surface area (TPSA) is 162 Å². The first-order valence-corrected chi connectivity index (χ1v) is 25.8. The van der Waals surface area contributed by atoms with E-state index in [4.69, 9.17) is 0 Å². The van der Waals surface area contributed by atoms with Crippen LogP contribution in [0.4, 0.5) is 11.4 Å². The van der Waals surface area contributed by atoms with Crippen molar-refractivity contribution in [2.45, 2.75) is 72.2 Å². The molecule has 0 bridgehead atoms. The number of phenols is 2. The highest BCUT2D eigenvalue weighted by atomic mass is 32.3. The lowest BCUT2D eigenvalue weighted by molar-refractivity contribution is 0.0780. The molecule has 2 atom stereocenters. The van der Waals surface area contributed by atoms with Gasteiger partial charge in [0.1, 0.15) is 19.9 Å². The Labute approximate surface area is 385 Å². The summed E-state index contributed by atoms with van der Waals surface area (Å²) >= 11 is 2.46. The predicted octanol–water partition coefficient (Wildman–Crippen LogP) is 7.61. The smallest absolute Gasteiger partial charge is 0.252 e. The zero-order valence-electron chi connectivity index (χ0n) is 36.4. The van der Waals surface area contributed by atoms with E-state index in [1.54, 1.807) is 108 Å². The van der Waals surface area contributed by atoms with Crippen molar-refractivity contribution in [1.82, 2.24) is 8.61 Å². The summed E-state index contributed by atoms with van der Waals surface area (Å²) in [5.74, 6) is 0.393. The summed E-state index contributed by atoms with van der Waals surface area (Å²) in [5, 5.41) is 43.9. The molecule has 0 aliphatic carbocycles. The highest BCUT2D eigenvalue weighted by Gasteiger charge is 2.37. The monoisotopic (exact) mass is 944 g/mol. The van der Waals surface area contributed by atoms with Gasteiger partial charge in [-0.2, -0.15) is 8.61 Å². The molecule has 0 spiro atoms. The number of rotatable bonds is 12. The largest absolute Gasteiger partial charge is 0.508 e. The van der Waals surface area contributed by atoms with Crippen molar-refractivity contribution in [2.75, 3.05) is 49.1 Å². The first-order chi connectivity index (χ1) is 30.3. The van der Waals surface area contributed by atoms with E-state index in [2.05, 4.69) is 9.80 Å². The third-order valence-corrected chi connectivity index (χ3v) is 18.1. The van der Waals surface area contributed by atoms with Crippen LogP contribution in [0.2, 0.25) is 0 Å². The molecular weight excluding hydrogens is 889 g/mol. The number of hydrogen-bond donors (Lipinski definition) is 4. The Morgan fingerprint density at radius 3 is 1.22 bits per heavy atom. The predicted molar refractivity (Wildman–Crippen MR) is 255 cm³/mol. The molecule has 340 valence electrons. The molecule has 2 aliphatic rings. The Bertz CT molecular complexity index is 2490. The van der Waals surface area contributed by atoms with Crippen LogP contribution in [-0.4, -0.2) is 97.2 Å². The summed E-state index contributed by atoms with van der Waals surface area (Å²) in [6.45, 7) is 9.59. The fourth-order valence-corrected chi connectivity index (χ4v) is 13.5. The van der Waals surface area contributed by atoms with Crippen LogP contribution in [0.25, 0.3) is 0 Å². The van der Waals surface area contributed by atoms with Gasteiger partial charge in [0, 0.05) is 62.7 Å². The molecule has 0 amide bonds. The number of benzene rings is 4. The first kappa shape index (κ1) is 47.2. The van der Waals surface area contributed by atoms with Gasteiger partial charge in [-0.15, -0.1) is 22.7 Å². The van der Waals surface area contributed by atoms with E-state index in [0.29, 0.717) is 60.5 Å². The van der Waals surface area contributed by atoms with Crippen LogP contribution >= 0.6 is 22.7 Å². The number of anilines is 2. The second-order valence-electron chi connectivity index (χ2n) is 17.2. The normalized spacial score (nSPS) is 18.1. The van der Waals surface area contributed by atoms with Gasteiger partial charge in [-0.05, 0) is 134 Å². The number of piperazine rings is 2. The van der Waals surface area contributed by atoms with Crippen LogP contribution in [0.15, 0.2) is 141 Å². The fourth-order valence-electron chi connectivity index (χ4n) is 8.23. The van der Waals surface area contributed by atoms with Crippen molar-refractivity contribution in [3.05, 3.63) is 154 Å². The van der Waals surface area contributed by atoms with Crippen LogP contribution < -0.4 is 9.80 Å². The van der Waals surface area contributed by atoms with Gasteiger partial charge >= 0.3 is 0 Å². The molecule has 0 radical (unpaired) electrons. The molecule has 16 heteroatoms. The number of sulfonamides is 2.